The van der Waals surface area contributed by atoms with Gasteiger partial charge in [-0.25, -0.2) is 9.18 Å². The van der Waals surface area contributed by atoms with Crippen molar-refractivity contribution in [2.75, 3.05) is 0 Å². The third-order valence-corrected chi connectivity index (χ3v) is 4.77. The largest absolute Gasteiger partial charge is 0.507 e. The normalized spacial score (nSPS) is 15.6. The summed E-state index contributed by atoms with van der Waals surface area (Å²) in [5, 5.41) is 19.7. The molecule has 5 heteroatoms. The summed E-state index contributed by atoms with van der Waals surface area (Å²) < 4.78 is 19.0. The third-order valence-electron chi connectivity index (χ3n) is 4.77. The van der Waals surface area contributed by atoms with Crippen molar-refractivity contribution in [1.29, 1.82) is 0 Å². The quantitative estimate of drug-likeness (QED) is 0.539. The van der Waals surface area contributed by atoms with Crippen molar-refractivity contribution >= 4 is 18.1 Å². The average molecular weight is 370 g/mol. The van der Waals surface area contributed by atoms with Gasteiger partial charge in [0.25, 0.3) is 0 Å². The van der Waals surface area contributed by atoms with Gasteiger partial charge in [0, 0.05) is 6.07 Å². The molecule has 1 fully saturated rings. The molecule has 0 saturated heterocycles. The van der Waals surface area contributed by atoms with Gasteiger partial charge in [-0.2, -0.15) is 0 Å². The van der Waals surface area contributed by atoms with Crippen molar-refractivity contribution in [3.05, 3.63) is 58.9 Å². The maximum absolute atomic E-state index is 13.0. The second-order valence-electron chi connectivity index (χ2n) is 6.83. The van der Waals surface area contributed by atoms with Gasteiger partial charge in [0.05, 0.1) is 6.10 Å². The highest BCUT2D eigenvalue weighted by Crippen LogP contribution is 2.31. The van der Waals surface area contributed by atoms with Gasteiger partial charge < -0.3 is 14.9 Å². The van der Waals surface area contributed by atoms with Crippen LogP contribution in [0.2, 0.25) is 0 Å². The monoisotopic (exact) mass is 370 g/mol. The first-order valence-electron chi connectivity index (χ1n) is 9.23. The number of hydrogen-bond acceptors (Lipinski definition) is 3. The molecule has 142 valence electrons. The SMILES string of the molecule is O=C(O)c1c(O)cc(OC2CCCCCC2)cc1C=Cc1ccc(F)cc1. The summed E-state index contributed by atoms with van der Waals surface area (Å²) in [7, 11) is 0. The van der Waals surface area contributed by atoms with Gasteiger partial charge in [-0.1, -0.05) is 37.1 Å². The maximum atomic E-state index is 13.0. The lowest BCUT2D eigenvalue weighted by molar-refractivity contribution is 0.0693. The van der Waals surface area contributed by atoms with Crippen molar-refractivity contribution in [3.63, 3.8) is 0 Å². The Balaban J connectivity index is 1.88. The minimum atomic E-state index is -1.22. The van der Waals surface area contributed by atoms with E-state index in [0.717, 1.165) is 31.2 Å². The number of carbonyl (C=O) groups is 1. The maximum Gasteiger partial charge on any atom is 0.340 e. The van der Waals surface area contributed by atoms with Crippen molar-refractivity contribution in [1.82, 2.24) is 0 Å². The van der Waals surface area contributed by atoms with Gasteiger partial charge in [-0.15, -0.1) is 0 Å². The fourth-order valence-corrected chi connectivity index (χ4v) is 3.37. The number of ether oxygens (including phenoxy) is 1. The molecule has 0 atom stereocenters. The number of phenols is 1. The molecule has 0 amide bonds. The van der Waals surface area contributed by atoms with E-state index in [4.69, 9.17) is 4.74 Å². The fourth-order valence-electron chi connectivity index (χ4n) is 3.37. The van der Waals surface area contributed by atoms with E-state index in [9.17, 15) is 19.4 Å². The van der Waals surface area contributed by atoms with E-state index in [1.165, 1.54) is 31.0 Å². The molecular formula is C22H23FO4. The second-order valence-corrected chi connectivity index (χ2v) is 6.83. The number of benzene rings is 2. The molecule has 2 aromatic rings. The third kappa shape index (κ3) is 5.09. The molecular weight excluding hydrogens is 347 g/mol. The van der Waals surface area contributed by atoms with Crippen molar-refractivity contribution < 1.29 is 24.1 Å². The topological polar surface area (TPSA) is 66.8 Å². The predicted octanol–water partition coefficient (Wildman–Crippen LogP) is 5.50. The number of aromatic carboxylic acids is 1. The van der Waals surface area contributed by atoms with E-state index in [-0.39, 0.29) is 23.2 Å². The first kappa shape index (κ1) is 19.0. The molecule has 0 heterocycles. The van der Waals surface area contributed by atoms with Gasteiger partial charge in [-0.3, -0.25) is 0 Å². The van der Waals surface area contributed by atoms with Crippen LogP contribution in [0.25, 0.3) is 12.2 Å². The Morgan fingerprint density at radius 3 is 2.33 bits per heavy atom. The minimum absolute atomic E-state index is 0.0801. The number of carboxylic acid groups (broad SMARTS) is 1. The lowest BCUT2D eigenvalue weighted by atomic mass is 10.0. The molecule has 0 aliphatic heterocycles. The Bertz CT molecular complexity index is 819. The van der Waals surface area contributed by atoms with Gasteiger partial charge >= 0.3 is 5.97 Å². The molecule has 27 heavy (non-hydrogen) atoms. The van der Waals surface area contributed by atoms with E-state index in [0.29, 0.717) is 11.3 Å². The van der Waals surface area contributed by atoms with Gasteiger partial charge in [-0.05, 0) is 55.0 Å². The zero-order valence-corrected chi connectivity index (χ0v) is 15.0. The second kappa shape index (κ2) is 8.71. The van der Waals surface area contributed by atoms with Crippen molar-refractivity contribution in [2.24, 2.45) is 0 Å². The van der Waals surface area contributed by atoms with E-state index in [2.05, 4.69) is 0 Å². The molecule has 2 N–H and O–H groups in total. The molecule has 0 radical (unpaired) electrons. The van der Waals surface area contributed by atoms with Crippen LogP contribution in [0.4, 0.5) is 4.39 Å². The first-order valence-corrected chi connectivity index (χ1v) is 9.23. The number of aromatic hydroxyl groups is 1. The number of rotatable bonds is 5. The summed E-state index contributed by atoms with van der Waals surface area (Å²) in [6.07, 6.45) is 9.90. The molecule has 1 aliphatic carbocycles. The van der Waals surface area contributed by atoms with E-state index in [1.807, 2.05) is 0 Å². The summed E-state index contributed by atoms with van der Waals surface area (Å²) in [4.78, 5) is 11.6. The highest BCUT2D eigenvalue weighted by atomic mass is 19.1. The summed E-state index contributed by atoms with van der Waals surface area (Å²) in [5.74, 6) is -1.42. The standard InChI is InChI=1S/C22H23FO4/c23-17-11-8-15(9-12-17)7-10-16-13-19(14-20(24)21(16)22(25)26)27-18-5-3-1-2-4-6-18/h7-14,18,24H,1-6H2,(H,25,26). The Morgan fingerprint density at radius 2 is 1.70 bits per heavy atom. The fraction of sp³-hybridized carbons (Fsp3) is 0.318. The minimum Gasteiger partial charge on any atom is -0.507 e. The molecule has 0 spiro atoms. The zero-order chi connectivity index (χ0) is 19.2. The van der Waals surface area contributed by atoms with Crippen molar-refractivity contribution in [2.45, 2.75) is 44.6 Å². The van der Waals surface area contributed by atoms with Gasteiger partial charge in [0.15, 0.2) is 0 Å². The van der Waals surface area contributed by atoms with Gasteiger partial charge in [0.2, 0.25) is 0 Å². The number of halogens is 1. The Labute approximate surface area is 157 Å². The Morgan fingerprint density at radius 1 is 1.04 bits per heavy atom. The van der Waals surface area contributed by atoms with E-state index < -0.39 is 5.97 Å². The van der Waals surface area contributed by atoms with Crippen LogP contribution in [0.15, 0.2) is 36.4 Å². The van der Waals surface area contributed by atoms with E-state index in [1.54, 1.807) is 30.4 Å². The lowest BCUT2D eigenvalue weighted by Crippen LogP contribution is -2.15. The molecule has 0 bridgehead atoms. The average Bonchev–Trinajstić information content (AvgIpc) is 2.89. The molecule has 3 rings (SSSR count). The summed E-state index contributed by atoms with van der Waals surface area (Å²) >= 11 is 0. The number of carboxylic acids is 1. The van der Waals surface area contributed by atoms with Crippen LogP contribution in [-0.4, -0.2) is 22.3 Å². The molecule has 1 saturated carbocycles. The Hall–Kier alpha value is -2.82. The number of hydrogen-bond donors (Lipinski definition) is 2. The summed E-state index contributed by atoms with van der Waals surface area (Å²) in [5.41, 5.74) is 0.888. The summed E-state index contributed by atoms with van der Waals surface area (Å²) in [6.45, 7) is 0. The molecule has 2 aromatic carbocycles. The summed E-state index contributed by atoms with van der Waals surface area (Å²) in [6, 6.07) is 8.86. The molecule has 0 aromatic heterocycles. The van der Waals surface area contributed by atoms with Crippen LogP contribution >= 0.6 is 0 Å². The molecule has 4 nitrogen and oxygen atoms in total. The van der Waals surface area contributed by atoms with Crippen LogP contribution in [-0.2, 0) is 0 Å². The first-order chi connectivity index (χ1) is 13.0. The van der Waals surface area contributed by atoms with Gasteiger partial charge in [0.1, 0.15) is 22.9 Å². The predicted molar refractivity (Wildman–Crippen MR) is 103 cm³/mol. The Kier molecular flexibility index (Phi) is 6.12. The van der Waals surface area contributed by atoms with Crippen LogP contribution in [0.5, 0.6) is 11.5 Å². The van der Waals surface area contributed by atoms with E-state index >= 15 is 0 Å². The van der Waals surface area contributed by atoms with Crippen LogP contribution < -0.4 is 4.74 Å². The zero-order valence-electron chi connectivity index (χ0n) is 15.0. The van der Waals surface area contributed by atoms with Crippen LogP contribution in [0, 0.1) is 5.82 Å². The highest BCUT2D eigenvalue weighted by molar-refractivity contribution is 5.96. The molecule has 1 aliphatic rings. The molecule has 0 unspecified atom stereocenters. The lowest BCUT2D eigenvalue weighted by Gasteiger charge is -2.18. The smallest absolute Gasteiger partial charge is 0.340 e. The van der Waals surface area contributed by atoms with Crippen molar-refractivity contribution in [3.8, 4) is 11.5 Å². The van der Waals surface area contributed by atoms with Crippen LogP contribution in [0.3, 0.4) is 0 Å². The van der Waals surface area contributed by atoms with Crippen LogP contribution in [0.1, 0.15) is 60.0 Å². The highest BCUT2D eigenvalue weighted by Gasteiger charge is 2.19.